The number of hydrogen-bond donors (Lipinski definition) is 0. The molecular weight excluding hydrogens is 697 g/mol. The average Bonchev–Trinajstić information content (AvgIpc) is 4.03. The molecule has 0 heteroatoms. The molecule has 0 radical (unpaired) electrons. The summed E-state index contributed by atoms with van der Waals surface area (Å²) in [5, 5.41) is 0. The Balaban J connectivity index is 0.0000000805. The van der Waals surface area contributed by atoms with Crippen molar-refractivity contribution >= 4 is 0 Å². The zero-order valence-corrected chi connectivity index (χ0v) is 39.4. The van der Waals surface area contributed by atoms with Crippen LogP contribution in [0.5, 0.6) is 0 Å². The minimum absolute atomic E-state index is 0.698. The Morgan fingerprint density at radius 3 is 0.793 bits per heavy atom. The lowest BCUT2D eigenvalue weighted by molar-refractivity contribution is -0.0507. The van der Waals surface area contributed by atoms with Crippen molar-refractivity contribution in [3.63, 3.8) is 0 Å². The third kappa shape index (κ3) is 5.35. The highest BCUT2D eigenvalue weighted by molar-refractivity contribution is 5.16. The van der Waals surface area contributed by atoms with Crippen molar-refractivity contribution in [1.29, 1.82) is 0 Å². The summed E-state index contributed by atoms with van der Waals surface area (Å²) in [7, 11) is 0. The van der Waals surface area contributed by atoms with Gasteiger partial charge in [-0.2, -0.15) is 0 Å². The van der Waals surface area contributed by atoms with Crippen LogP contribution in [0.4, 0.5) is 0 Å². The minimum atomic E-state index is 0.698. The Morgan fingerprint density at radius 1 is 0.224 bits per heavy atom. The molecule has 324 valence electrons. The van der Waals surface area contributed by atoms with Gasteiger partial charge in [0.05, 0.1) is 0 Å². The molecule has 22 atom stereocenters. The summed E-state index contributed by atoms with van der Waals surface area (Å²) in [6.45, 7) is 20.4. The largest absolute Gasteiger partial charge is 0.0596 e. The molecule has 17 aliphatic rings. The van der Waals surface area contributed by atoms with E-state index in [0.717, 1.165) is 65.1 Å². The Labute approximate surface area is 358 Å². The molecular formula is C58H92. The first-order valence-electron chi connectivity index (χ1n) is 27.7. The maximum absolute atomic E-state index is 2.55. The number of rotatable bonds is 0. The van der Waals surface area contributed by atoms with E-state index in [4.69, 9.17) is 0 Å². The van der Waals surface area contributed by atoms with Crippen molar-refractivity contribution in [1.82, 2.24) is 0 Å². The zero-order valence-electron chi connectivity index (χ0n) is 39.4. The maximum atomic E-state index is 2.55. The lowest BCUT2D eigenvalue weighted by Crippen LogP contribution is -2.47. The molecule has 17 saturated carbocycles. The van der Waals surface area contributed by atoms with Gasteiger partial charge >= 0.3 is 0 Å². The van der Waals surface area contributed by atoms with Crippen molar-refractivity contribution in [3.05, 3.63) is 0 Å². The molecule has 16 bridgehead atoms. The van der Waals surface area contributed by atoms with E-state index in [9.17, 15) is 0 Å². The van der Waals surface area contributed by atoms with Crippen LogP contribution in [0.25, 0.3) is 0 Å². The number of fused-ring (bicyclic) bond motifs is 31. The second kappa shape index (κ2) is 12.8. The standard InChI is InChI=1S/2C15H24.2C14H22/c1-15(2)8-11-7-12(15)14-10-5-3-9(4-6-10)13(11)14;1-15(2)8-11-7-12(15)14-10-5-3-4-9(6-10)13(11)14;2*1-14(2)7-10-6-11(14)13-9-4-3-8(5-9)12(10)13/h2*9-14H,3-8H2,1-2H3;2*8-13H,3-7H2,1-2H3. The minimum Gasteiger partial charge on any atom is -0.0596 e. The van der Waals surface area contributed by atoms with Gasteiger partial charge in [-0.1, -0.05) is 74.7 Å². The van der Waals surface area contributed by atoms with E-state index in [1.165, 1.54) is 76.9 Å². The van der Waals surface area contributed by atoms with Gasteiger partial charge in [0.2, 0.25) is 0 Å². The fourth-order valence-electron chi connectivity index (χ4n) is 25.2. The van der Waals surface area contributed by atoms with Crippen LogP contribution in [0.15, 0.2) is 0 Å². The van der Waals surface area contributed by atoms with E-state index < -0.39 is 0 Å². The summed E-state index contributed by atoms with van der Waals surface area (Å²) in [6.07, 6.45) is 35.0. The molecule has 0 aromatic rings. The van der Waals surface area contributed by atoms with Crippen LogP contribution in [0, 0.1) is 164 Å². The molecule has 0 aromatic carbocycles. The van der Waals surface area contributed by atoms with Gasteiger partial charge in [0.1, 0.15) is 0 Å². The molecule has 0 amide bonds. The molecule has 0 spiro atoms. The van der Waals surface area contributed by atoms with Crippen LogP contribution in [0.2, 0.25) is 0 Å². The van der Waals surface area contributed by atoms with Crippen LogP contribution in [0.3, 0.4) is 0 Å². The van der Waals surface area contributed by atoms with E-state index >= 15 is 0 Å². The molecule has 0 N–H and O–H groups in total. The van der Waals surface area contributed by atoms with Gasteiger partial charge in [0, 0.05) is 0 Å². The normalized spacial score (nSPS) is 60.8. The molecule has 0 nitrogen and oxygen atoms in total. The lowest BCUT2D eigenvalue weighted by Gasteiger charge is -2.54. The zero-order chi connectivity index (χ0) is 39.4. The molecule has 58 heavy (non-hydrogen) atoms. The van der Waals surface area contributed by atoms with Crippen LogP contribution < -0.4 is 0 Å². The molecule has 17 aliphatic carbocycles. The van der Waals surface area contributed by atoms with Crippen molar-refractivity contribution in [3.8, 4) is 0 Å². The van der Waals surface area contributed by atoms with Gasteiger partial charge in [0.15, 0.2) is 0 Å². The average molecular weight is 789 g/mol. The summed E-state index contributed by atoms with van der Waals surface area (Å²) < 4.78 is 0. The first kappa shape index (κ1) is 38.5. The van der Waals surface area contributed by atoms with Gasteiger partial charge < -0.3 is 0 Å². The van der Waals surface area contributed by atoms with Gasteiger partial charge in [-0.05, 0) is 286 Å². The maximum Gasteiger partial charge on any atom is -0.0318 e. The molecule has 17 rings (SSSR count). The second-order valence-corrected chi connectivity index (χ2v) is 29.8. The summed E-state index contributed by atoms with van der Waals surface area (Å²) in [5.41, 5.74) is 2.80. The topological polar surface area (TPSA) is 0 Å². The summed E-state index contributed by atoms with van der Waals surface area (Å²) in [5.74, 6) is 27.8. The SMILES string of the molecule is CC1(C)CC2CC1C1C3CCC(C3)C21.CC1(C)CC2CC1C1C3CCC(C3)C21.CC1(C)CC2CC1C1C3CCC(CC3)C21.CC1(C)CC2CC1C1C3CCCC(C3)C21. The van der Waals surface area contributed by atoms with Crippen molar-refractivity contribution < 1.29 is 0 Å². The van der Waals surface area contributed by atoms with E-state index in [2.05, 4.69) is 55.4 Å². The molecule has 0 saturated heterocycles. The number of hydrogen-bond acceptors (Lipinski definition) is 0. The van der Waals surface area contributed by atoms with Crippen LogP contribution in [-0.2, 0) is 0 Å². The van der Waals surface area contributed by atoms with Gasteiger partial charge in [-0.15, -0.1) is 0 Å². The predicted octanol–water partition coefficient (Wildman–Crippen LogP) is 15.6. The monoisotopic (exact) mass is 789 g/mol. The van der Waals surface area contributed by atoms with Crippen LogP contribution in [-0.4, -0.2) is 0 Å². The lowest BCUT2D eigenvalue weighted by atomic mass is 9.51. The third-order valence-corrected chi connectivity index (χ3v) is 26.2. The molecule has 17 fully saturated rings. The van der Waals surface area contributed by atoms with Crippen LogP contribution >= 0.6 is 0 Å². The Hall–Kier alpha value is 0. The van der Waals surface area contributed by atoms with E-state index in [0.29, 0.717) is 21.7 Å². The van der Waals surface area contributed by atoms with Crippen molar-refractivity contribution in [2.24, 2.45) is 164 Å². The van der Waals surface area contributed by atoms with Gasteiger partial charge in [-0.25, -0.2) is 0 Å². The quantitative estimate of drug-likeness (QED) is 0.215. The molecule has 0 aliphatic heterocycles. The Morgan fingerprint density at radius 2 is 0.448 bits per heavy atom. The fraction of sp³-hybridized carbons (Fsp3) is 1.00. The van der Waals surface area contributed by atoms with E-state index in [-0.39, 0.29) is 0 Å². The van der Waals surface area contributed by atoms with Crippen molar-refractivity contribution in [2.75, 3.05) is 0 Å². The highest BCUT2D eigenvalue weighted by Crippen LogP contribution is 2.74. The van der Waals surface area contributed by atoms with Gasteiger partial charge in [-0.3, -0.25) is 0 Å². The summed E-state index contributed by atoms with van der Waals surface area (Å²) in [4.78, 5) is 0. The van der Waals surface area contributed by atoms with E-state index in [1.807, 2.05) is 0 Å². The molecule has 0 heterocycles. The van der Waals surface area contributed by atoms with Crippen molar-refractivity contribution in [2.45, 2.75) is 197 Å². The highest BCUT2D eigenvalue weighted by Gasteiger charge is 2.67. The Bertz CT molecular complexity index is 1500. The first-order valence-corrected chi connectivity index (χ1v) is 27.7. The van der Waals surface area contributed by atoms with E-state index in [1.54, 1.807) is 141 Å². The van der Waals surface area contributed by atoms with Crippen LogP contribution in [0.1, 0.15) is 197 Å². The molecule has 22 unspecified atom stereocenters. The molecule has 0 aromatic heterocycles. The summed E-state index contributed by atoms with van der Waals surface area (Å²) in [6, 6.07) is 0. The highest BCUT2D eigenvalue weighted by atomic mass is 14.7. The summed E-state index contributed by atoms with van der Waals surface area (Å²) >= 11 is 0. The fourth-order valence-corrected chi connectivity index (χ4v) is 25.2. The predicted molar refractivity (Wildman–Crippen MR) is 240 cm³/mol. The smallest absolute Gasteiger partial charge is 0.0318 e. The van der Waals surface area contributed by atoms with Gasteiger partial charge in [0.25, 0.3) is 0 Å². The first-order chi connectivity index (χ1) is 27.7. The Kier molecular flexibility index (Phi) is 8.51. The second-order valence-electron chi connectivity index (χ2n) is 29.8. The third-order valence-electron chi connectivity index (χ3n) is 26.2.